The van der Waals surface area contributed by atoms with Gasteiger partial charge >= 0.3 is 0 Å². The molecule has 0 saturated heterocycles. The van der Waals surface area contributed by atoms with Crippen molar-refractivity contribution in [2.45, 2.75) is 37.8 Å². The summed E-state index contributed by atoms with van der Waals surface area (Å²) in [4.78, 5) is 5.12. The minimum atomic E-state index is 0.0720. The van der Waals surface area contributed by atoms with Gasteiger partial charge in [-0.25, -0.2) is 4.98 Å². The predicted octanol–water partition coefficient (Wildman–Crippen LogP) is 8.23. The Labute approximate surface area is 289 Å². The largest absolute Gasteiger partial charge is 0.456 e. The van der Waals surface area contributed by atoms with E-state index in [4.69, 9.17) is 9.40 Å². The molecule has 0 fully saturated rings. The van der Waals surface area contributed by atoms with Gasteiger partial charge in [-0.1, -0.05) is 103 Å². The molecule has 50 heavy (non-hydrogen) atoms. The Balaban J connectivity index is 1.04. The summed E-state index contributed by atoms with van der Waals surface area (Å²) >= 11 is 0. The molecule has 3 atom stereocenters. The van der Waals surface area contributed by atoms with Crippen molar-refractivity contribution in [1.29, 1.82) is 0 Å². The third-order valence-electron chi connectivity index (χ3n) is 10.5. The number of aryl methyl sites for hydroxylation is 1. The van der Waals surface area contributed by atoms with Crippen LogP contribution in [0.25, 0.3) is 45.6 Å². The van der Waals surface area contributed by atoms with Crippen molar-refractivity contribution in [3.63, 3.8) is 0 Å². The second-order valence-electron chi connectivity index (χ2n) is 13.4. The molecule has 240 valence electrons. The first-order chi connectivity index (χ1) is 24.7. The molecule has 1 N–H and O–H groups in total. The fraction of sp³-hybridized carbons (Fsp3) is 0.133. The van der Waals surface area contributed by atoms with Crippen molar-refractivity contribution in [1.82, 2.24) is 14.0 Å². The maximum Gasteiger partial charge on any atom is 0.216 e. The van der Waals surface area contributed by atoms with Gasteiger partial charge in [0.25, 0.3) is 0 Å². The van der Waals surface area contributed by atoms with E-state index in [9.17, 15) is 0 Å². The van der Waals surface area contributed by atoms with E-state index in [0.717, 1.165) is 62.0 Å². The Hall–Kier alpha value is -6.25. The third kappa shape index (κ3) is 4.53. The Kier molecular flexibility index (Phi) is 6.57. The van der Waals surface area contributed by atoms with E-state index < -0.39 is 0 Å². The molecule has 3 aliphatic rings. The van der Waals surface area contributed by atoms with Crippen LogP contribution in [0.15, 0.2) is 132 Å². The number of anilines is 1. The van der Waals surface area contributed by atoms with Crippen LogP contribution in [-0.4, -0.2) is 20.0 Å². The third-order valence-corrected chi connectivity index (χ3v) is 10.5. The number of allylic oxidation sites excluding steroid dienone is 3. The number of fused-ring (bicyclic) bond motifs is 8. The number of rotatable bonds is 5. The van der Waals surface area contributed by atoms with E-state index in [1.165, 1.54) is 22.2 Å². The zero-order valence-corrected chi connectivity index (χ0v) is 27.7. The van der Waals surface area contributed by atoms with Crippen LogP contribution in [0.5, 0.6) is 0 Å². The zero-order chi connectivity index (χ0) is 33.2. The van der Waals surface area contributed by atoms with Gasteiger partial charge in [0.05, 0.1) is 34.2 Å². The summed E-state index contributed by atoms with van der Waals surface area (Å²) < 4.78 is 11.4. The van der Waals surface area contributed by atoms with Gasteiger partial charge in [-0.3, -0.25) is 4.40 Å². The van der Waals surface area contributed by atoms with E-state index in [1.54, 1.807) is 0 Å². The number of para-hydroxylation sites is 4. The van der Waals surface area contributed by atoms with Crippen LogP contribution in [0.4, 0.5) is 5.69 Å². The van der Waals surface area contributed by atoms with Crippen LogP contribution >= 0.6 is 0 Å². The van der Waals surface area contributed by atoms with Gasteiger partial charge in [-0.15, -0.1) is 0 Å². The molecule has 4 aromatic carbocycles. The molecular formula is C45H34N4O. The topological polar surface area (TPSA) is 47.4 Å². The number of imidazole rings is 2. The maximum atomic E-state index is 6.74. The summed E-state index contributed by atoms with van der Waals surface area (Å²) in [5.41, 5.74) is 12.5. The van der Waals surface area contributed by atoms with Gasteiger partial charge in [0, 0.05) is 40.8 Å². The molecule has 10 rings (SSSR count). The fourth-order valence-electron chi connectivity index (χ4n) is 8.14. The second kappa shape index (κ2) is 11.4. The standard InChI is InChI=1S/C45H34N4O/c1-29-13-2-3-16-33(29)35-18-6-7-20-38(35)46-31-15-12-14-30(27-31)34-17-4-5-19-36-37-28-32(25-26-43(37)50-44(34)36)48-41-23-10-11-24-42(41)49-40-22-9-8-21-39(40)47-45(48)49/h2-3,6-16,18-27,32,35,38,46H,17,28H2,1H3. The van der Waals surface area contributed by atoms with Gasteiger partial charge in [0.15, 0.2) is 0 Å². The lowest BCUT2D eigenvalue weighted by Gasteiger charge is -2.28. The first-order valence-electron chi connectivity index (χ1n) is 17.4. The average molecular weight is 647 g/mol. The Morgan fingerprint density at radius 2 is 1.66 bits per heavy atom. The van der Waals surface area contributed by atoms with Crippen molar-refractivity contribution in [2.75, 3.05) is 5.32 Å². The summed E-state index contributed by atoms with van der Waals surface area (Å²) in [7, 11) is 0. The summed E-state index contributed by atoms with van der Waals surface area (Å²) in [6.07, 6.45) is 16.7. The van der Waals surface area contributed by atoms with Gasteiger partial charge in [-0.05, 0) is 72.2 Å². The highest BCUT2D eigenvalue weighted by Gasteiger charge is 2.27. The van der Waals surface area contributed by atoms with Crippen LogP contribution < -0.4 is 16.0 Å². The molecule has 5 nitrogen and oxygen atoms in total. The first kappa shape index (κ1) is 28.7. The van der Waals surface area contributed by atoms with E-state index in [0.29, 0.717) is 6.42 Å². The number of hydrogen-bond acceptors (Lipinski definition) is 3. The summed E-state index contributed by atoms with van der Waals surface area (Å²) in [5.74, 6) is 8.85. The number of nitrogens with zero attached hydrogens (tertiary/aromatic N) is 3. The number of furan rings is 1. The molecule has 0 amide bonds. The normalized spacial score (nSPS) is 19.2. The molecule has 0 aliphatic heterocycles. The van der Waals surface area contributed by atoms with Gasteiger partial charge < -0.3 is 14.3 Å². The van der Waals surface area contributed by atoms with Crippen LogP contribution in [0.3, 0.4) is 0 Å². The molecule has 0 spiro atoms. The molecule has 3 aromatic heterocycles. The van der Waals surface area contributed by atoms with E-state index in [1.807, 2.05) is 0 Å². The number of aromatic nitrogens is 3. The Bertz CT molecular complexity index is 2790. The molecule has 0 bridgehead atoms. The van der Waals surface area contributed by atoms with Crippen molar-refractivity contribution in [3.8, 4) is 11.8 Å². The predicted molar refractivity (Wildman–Crippen MR) is 203 cm³/mol. The molecule has 7 aromatic rings. The van der Waals surface area contributed by atoms with Gasteiger partial charge in [0.2, 0.25) is 5.78 Å². The second-order valence-corrected chi connectivity index (χ2v) is 13.4. The summed E-state index contributed by atoms with van der Waals surface area (Å²) in [6, 6.07) is 34.6. The van der Waals surface area contributed by atoms with Crippen molar-refractivity contribution < 1.29 is 4.42 Å². The summed E-state index contributed by atoms with van der Waals surface area (Å²) in [5, 5.41) is 4.93. The molecule has 3 unspecified atom stereocenters. The molecular weight excluding hydrogens is 613 g/mol. The molecule has 0 saturated carbocycles. The lowest BCUT2D eigenvalue weighted by Crippen LogP contribution is -2.27. The minimum absolute atomic E-state index is 0.0720. The van der Waals surface area contributed by atoms with Crippen molar-refractivity contribution >= 4 is 51.3 Å². The highest BCUT2D eigenvalue weighted by atomic mass is 16.3. The van der Waals surface area contributed by atoms with Crippen LogP contribution in [-0.2, 0) is 6.42 Å². The highest BCUT2D eigenvalue weighted by molar-refractivity contribution is 5.91. The van der Waals surface area contributed by atoms with Crippen LogP contribution in [0, 0.1) is 18.8 Å². The highest BCUT2D eigenvalue weighted by Crippen LogP contribution is 2.34. The van der Waals surface area contributed by atoms with Crippen molar-refractivity contribution in [3.05, 3.63) is 166 Å². The molecule has 3 heterocycles. The van der Waals surface area contributed by atoms with Crippen LogP contribution in [0.2, 0.25) is 0 Å². The van der Waals surface area contributed by atoms with Gasteiger partial charge in [-0.2, -0.15) is 0 Å². The molecule has 3 aliphatic carbocycles. The lowest BCUT2D eigenvalue weighted by molar-refractivity contribution is 0.508. The fourth-order valence-corrected chi connectivity index (χ4v) is 8.14. The average Bonchev–Trinajstić information content (AvgIpc) is 3.75. The number of nitrogens with one attached hydrogen (secondary N) is 1. The Morgan fingerprint density at radius 1 is 0.840 bits per heavy atom. The SMILES string of the molecule is Cc1ccccc1C1C=CC=CC1Nc1cccc(C2=c3oc4c(c3=CC#CC2)CC(n2c3ccccc3n3c5ccccc5nc23)C=C4)c1. The lowest BCUT2D eigenvalue weighted by atomic mass is 9.85. The number of hydrogen-bond donors (Lipinski definition) is 1. The Morgan fingerprint density at radius 3 is 2.58 bits per heavy atom. The monoisotopic (exact) mass is 646 g/mol. The minimum Gasteiger partial charge on any atom is -0.456 e. The molecule has 0 radical (unpaired) electrons. The first-order valence-corrected chi connectivity index (χ1v) is 17.4. The maximum absolute atomic E-state index is 6.74. The van der Waals surface area contributed by atoms with Crippen molar-refractivity contribution in [2.24, 2.45) is 0 Å². The number of benzene rings is 4. The smallest absolute Gasteiger partial charge is 0.216 e. The zero-order valence-electron chi connectivity index (χ0n) is 27.7. The molecule has 5 heteroatoms. The van der Waals surface area contributed by atoms with Crippen LogP contribution in [0.1, 0.15) is 46.4 Å². The van der Waals surface area contributed by atoms with E-state index in [2.05, 4.69) is 173 Å². The van der Waals surface area contributed by atoms with E-state index >= 15 is 0 Å². The quantitative estimate of drug-likeness (QED) is 0.192. The summed E-state index contributed by atoms with van der Waals surface area (Å²) in [6.45, 7) is 2.19. The van der Waals surface area contributed by atoms with E-state index in [-0.39, 0.29) is 18.0 Å². The van der Waals surface area contributed by atoms with Gasteiger partial charge in [0.1, 0.15) is 11.2 Å².